The van der Waals surface area contributed by atoms with Crippen LogP contribution in [-0.2, 0) is 12.0 Å². The molecule has 1 heterocycles. The highest BCUT2D eigenvalue weighted by Gasteiger charge is 2.31. The summed E-state index contributed by atoms with van der Waals surface area (Å²) in [4.78, 5) is 29.6. The number of carbonyl (C=O) groups is 2. The number of phenolic OH excluding ortho intramolecular Hbond substituents is 1. The zero-order valence-corrected chi connectivity index (χ0v) is 22.9. The number of rotatable bonds is 7. The van der Waals surface area contributed by atoms with E-state index in [1.54, 1.807) is 30.1 Å². The molecule has 0 aliphatic carbocycles. The number of fused-ring (bicyclic) bond motifs is 1. The minimum atomic E-state index is -0.344. The highest BCUT2D eigenvalue weighted by molar-refractivity contribution is 9.08. The number of carbonyl (C=O) groups excluding carboxylic acids is 2. The Bertz CT molecular complexity index is 1180. The van der Waals surface area contributed by atoms with Gasteiger partial charge < -0.3 is 25.0 Å². The minimum absolute atomic E-state index is 0.0830. The molecule has 1 aliphatic heterocycles. The van der Waals surface area contributed by atoms with E-state index in [0.29, 0.717) is 47.1 Å². The van der Waals surface area contributed by atoms with Crippen molar-refractivity contribution < 1.29 is 19.4 Å². The number of nitrogens with zero attached hydrogens (tertiary/aromatic N) is 3. The molecule has 188 valence electrons. The number of amidine groups is 1. The van der Waals surface area contributed by atoms with Gasteiger partial charge in [0.05, 0.1) is 40.5 Å². The molecule has 1 amide bonds. The molecule has 0 unspecified atom stereocenters. The number of hydrogen-bond acceptors (Lipinski definition) is 6. The summed E-state index contributed by atoms with van der Waals surface area (Å²) in [6.07, 6.45) is 0. The predicted octanol–water partition coefficient (Wildman–Crippen LogP) is 4.27. The molecule has 0 saturated carbocycles. The third kappa shape index (κ3) is 5.29. The SMILES string of the molecule is CCOc1cc2c(cc1C(=O)NC)/C(=N/Br)N(CC(=O)c1cc(N(C)C)c(O)c(C(C)(C)C)c1)C2. The lowest BCUT2D eigenvalue weighted by atomic mass is 9.84. The van der Waals surface area contributed by atoms with Crippen LogP contribution in [0.5, 0.6) is 11.5 Å². The Hall–Kier alpha value is -3.07. The van der Waals surface area contributed by atoms with E-state index in [1.165, 1.54) is 0 Å². The van der Waals surface area contributed by atoms with Crippen molar-refractivity contribution in [1.82, 2.24) is 10.2 Å². The number of nitrogens with one attached hydrogen (secondary N) is 1. The van der Waals surface area contributed by atoms with Crippen molar-refractivity contribution in [2.24, 2.45) is 4.02 Å². The van der Waals surface area contributed by atoms with Crippen LogP contribution >= 0.6 is 16.1 Å². The van der Waals surface area contributed by atoms with Crippen LogP contribution in [0.3, 0.4) is 0 Å². The van der Waals surface area contributed by atoms with Gasteiger partial charge in [0.1, 0.15) is 17.3 Å². The van der Waals surface area contributed by atoms with Crippen molar-refractivity contribution in [1.29, 1.82) is 0 Å². The number of amides is 1. The van der Waals surface area contributed by atoms with Crippen LogP contribution in [0, 0.1) is 0 Å². The van der Waals surface area contributed by atoms with Gasteiger partial charge in [0.2, 0.25) is 0 Å². The van der Waals surface area contributed by atoms with Gasteiger partial charge in [0.25, 0.3) is 5.91 Å². The first-order valence-corrected chi connectivity index (χ1v) is 12.2. The van der Waals surface area contributed by atoms with Gasteiger partial charge in [-0.3, -0.25) is 9.59 Å². The second-order valence-electron chi connectivity index (χ2n) is 9.74. The van der Waals surface area contributed by atoms with Crippen molar-refractivity contribution in [2.75, 3.05) is 39.2 Å². The summed E-state index contributed by atoms with van der Waals surface area (Å²) in [5, 5.41) is 13.5. The standard InChI is InChI=1S/C26H33BrN4O4/c1-8-35-22-11-16-13-31(24(29-27)17(16)12-18(22)25(34)28-5)14-21(32)15-9-19(26(2,3)4)23(33)20(10-15)30(6)7/h9-12,33H,8,13-14H2,1-7H3,(H,28,34)/b29-24-. The first-order chi connectivity index (χ1) is 16.4. The highest BCUT2D eigenvalue weighted by atomic mass is 79.9. The van der Waals surface area contributed by atoms with E-state index in [1.807, 2.05) is 52.8 Å². The van der Waals surface area contributed by atoms with Crippen LogP contribution in [0.1, 0.15) is 65.1 Å². The lowest BCUT2D eigenvalue weighted by molar-refractivity contribution is 0.0953. The predicted molar refractivity (Wildman–Crippen MR) is 142 cm³/mol. The van der Waals surface area contributed by atoms with Crippen LogP contribution < -0.4 is 15.0 Å². The molecule has 0 bridgehead atoms. The number of hydrogen-bond donors (Lipinski definition) is 2. The number of aromatic hydroxyl groups is 1. The van der Waals surface area contributed by atoms with Crippen LogP contribution in [-0.4, -0.2) is 61.8 Å². The van der Waals surface area contributed by atoms with Gasteiger partial charge in [-0.15, -0.1) is 0 Å². The van der Waals surface area contributed by atoms with Crippen molar-refractivity contribution in [3.8, 4) is 11.5 Å². The number of phenols is 1. The normalized spacial score (nSPS) is 14.2. The summed E-state index contributed by atoms with van der Waals surface area (Å²) >= 11 is 3.20. The Morgan fingerprint density at radius 1 is 1.23 bits per heavy atom. The molecule has 0 aromatic heterocycles. The molecule has 35 heavy (non-hydrogen) atoms. The van der Waals surface area contributed by atoms with E-state index in [2.05, 4.69) is 25.5 Å². The minimum Gasteiger partial charge on any atom is -0.505 e. The fourth-order valence-corrected chi connectivity index (χ4v) is 4.60. The van der Waals surface area contributed by atoms with Gasteiger partial charge in [-0.1, -0.05) is 20.8 Å². The van der Waals surface area contributed by atoms with Gasteiger partial charge >= 0.3 is 0 Å². The van der Waals surface area contributed by atoms with Crippen LogP contribution in [0.4, 0.5) is 5.69 Å². The Labute approximate surface area is 215 Å². The second-order valence-corrected chi connectivity index (χ2v) is 10.1. The second kappa shape index (κ2) is 10.3. The van der Waals surface area contributed by atoms with Gasteiger partial charge in [0, 0.05) is 44.4 Å². The van der Waals surface area contributed by atoms with Crippen molar-refractivity contribution in [2.45, 2.75) is 39.7 Å². The van der Waals surface area contributed by atoms with Crippen molar-refractivity contribution in [3.63, 3.8) is 0 Å². The molecule has 0 saturated heterocycles. The largest absolute Gasteiger partial charge is 0.505 e. The molecule has 9 heteroatoms. The molecule has 8 nitrogen and oxygen atoms in total. The van der Waals surface area contributed by atoms with Crippen LogP contribution in [0.2, 0.25) is 0 Å². The van der Waals surface area contributed by atoms with Gasteiger partial charge in [-0.2, -0.15) is 4.02 Å². The van der Waals surface area contributed by atoms with Crippen molar-refractivity contribution in [3.05, 3.63) is 52.1 Å². The molecule has 0 atom stereocenters. The van der Waals surface area contributed by atoms with Crippen LogP contribution in [0.15, 0.2) is 28.3 Å². The number of ether oxygens (including phenoxy) is 1. The molecule has 2 N–H and O–H groups in total. The molecular weight excluding hydrogens is 512 g/mol. The third-order valence-corrected chi connectivity index (χ3v) is 6.33. The third-order valence-electron chi connectivity index (χ3n) is 5.99. The van der Waals surface area contributed by atoms with Crippen LogP contribution in [0.25, 0.3) is 0 Å². The average molecular weight is 545 g/mol. The first kappa shape index (κ1) is 26.5. The summed E-state index contributed by atoms with van der Waals surface area (Å²) in [6, 6.07) is 7.09. The summed E-state index contributed by atoms with van der Waals surface area (Å²) in [7, 11) is 5.24. The summed E-state index contributed by atoms with van der Waals surface area (Å²) in [5.41, 5.74) is 3.58. The average Bonchev–Trinajstić information content (AvgIpc) is 3.12. The van der Waals surface area contributed by atoms with E-state index in [9.17, 15) is 14.7 Å². The molecular formula is C26H33BrN4O4. The number of anilines is 1. The maximum absolute atomic E-state index is 13.5. The molecule has 3 rings (SSSR count). The van der Waals surface area contributed by atoms with Crippen molar-refractivity contribution >= 4 is 39.4 Å². The van der Waals surface area contributed by atoms with E-state index in [4.69, 9.17) is 4.74 Å². The van der Waals surface area contributed by atoms with E-state index < -0.39 is 0 Å². The van der Waals surface area contributed by atoms with E-state index in [-0.39, 0.29) is 29.4 Å². The Morgan fingerprint density at radius 3 is 2.46 bits per heavy atom. The molecule has 2 aromatic rings. The number of benzene rings is 2. The lowest BCUT2D eigenvalue weighted by Gasteiger charge is -2.26. The molecule has 0 fully saturated rings. The number of halogens is 1. The highest BCUT2D eigenvalue weighted by Crippen LogP contribution is 2.39. The summed E-state index contributed by atoms with van der Waals surface area (Å²) in [6.45, 7) is 8.83. The first-order valence-electron chi connectivity index (χ1n) is 11.5. The summed E-state index contributed by atoms with van der Waals surface area (Å²) in [5.74, 6) is 0.896. The van der Waals surface area contributed by atoms with Gasteiger partial charge in [-0.25, -0.2) is 0 Å². The molecule has 2 aromatic carbocycles. The Balaban J connectivity index is 1.98. The monoisotopic (exact) mass is 544 g/mol. The number of ketones is 1. The maximum atomic E-state index is 13.5. The van der Waals surface area contributed by atoms with E-state index in [0.717, 1.165) is 11.1 Å². The lowest BCUT2D eigenvalue weighted by Crippen LogP contribution is -2.31. The molecule has 0 radical (unpaired) electrons. The smallest absolute Gasteiger partial charge is 0.254 e. The number of Topliss-reactive ketones (excluding diaryl/α,β-unsaturated/α-hetero) is 1. The van der Waals surface area contributed by atoms with Gasteiger partial charge in [-0.05, 0) is 42.2 Å². The summed E-state index contributed by atoms with van der Waals surface area (Å²) < 4.78 is 9.96. The topological polar surface area (TPSA) is 94.5 Å². The van der Waals surface area contributed by atoms with Gasteiger partial charge in [0.15, 0.2) is 5.78 Å². The Morgan fingerprint density at radius 2 is 1.91 bits per heavy atom. The Kier molecular flexibility index (Phi) is 7.79. The molecule has 1 aliphatic rings. The maximum Gasteiger partial charge on any atom is 0.254 e. The quantitative estimate of drug-likeness (QED) is 0.505. The molecule has 0 spiro atoms. The fraction of sp³-hybridized carbons (Fsp3) is 0.423. The van der Waals surface area contributed by atoms with E-state index >= 15 is 0 Å². The zero-order chi connectivity index (χ0) is 26.1. The zero-order valence-electron chi connectivity index (χ0n) is 21.3. The fourth-order valence-electron chi connectivity index (χ4n) is 4.19.